The van der Waals surface area contributed by atoms with Crippen LogP contribution in [0.4, 0.5) is 0 Å². The van der Waals surface area contributed by atoms with E-state index in [2.05, 4.69) is 45.3 Å². The second-order valence-corrected chi connectivity index (χ2v) is 8.96. The molecule has 1 aromatic carbocycles. The number of aryl methyl sites for hydroxylation is 1. The number of rotatable bonds is 9. The molecule has 3 aromatic rings. The summed E-state index contributed by atoms with van der Waals surface area (Å²) in [5, 5.41) is 23.4. The molecule has 2 heterocycles. The Labute approximate surface area is 188 Å². The average molecular weight is 439 g/mol. The number of aromatic amines is 1. The summed E-state index contributed by atoms with van der Waals surface area (Å²) in [6.45, 7) is 5.43. The minimum Gasteiger partial charge on any atom is -0.396 e. The van der Waals surface area contributed by atoms with Crippen LogP contribution in [0.15, 0.2) is 29.1 Å². The molecule has 0 bridgehead atoms. The van der Waals surface area contributed by atoms with Crippen molar-refractivity contribution in [3.05, 3.63) is 51.6 Å². The third-order valence-corrected chi connectivity index (χ3v) is 6.62. The van der Waals surface area contributed by atoms with E-state index in [1.807, 2.05) is 22.9 Å². The van der Waals surface area contributed by atoms with Gasteiger partial charge in [-0.25, -0.2) is 4.68 Å². The molecule has 0 spiro atoms. The van der Waals surface area contributed by atoms with Crippen LogP contribution in [0.1, 0.15) is 80.9 Å². The van der Waals surface area contributed by atoms with Crippen LogP contribution in [0.2, 0.25) is 0 Å². The van der Waals surface area contributed by atoms with Crippen molar-refractivity contribution in [2.75, 3.05) is 13.2 Å². The summed E-state index contributed by atoms with van der Waals surface area (Å²) < 4.78 is 2.02. The van der Waals surface area contributed by atoms with Crippen LogP contribution < -0.4 is 5.56 Å². The third-order valence-electron chi connectivity index (χ3n) is 6.62. The summed E-state index contributed by atoms with van der Waals surface area (Å²) in [5.41, 5.74) is 2.65. The van der Waals surface area contributed by atoms with E-state index >= 15 is 0 Å². The highest BCUT2D eigenvalue weighted by molar-refractivity contribution is 5.79. The van der Waals surface area contributed by atoms with Gasteiger partial charge in [0.15, 0.2) is 5.82 Å². The van der Waals surface area contributed by atoms with Crippen molar-refractivity contribution < 1.29 is 5.11 Å². The number of hydrogen-bond donors (Lipinski definition) is 2. The maximum absolute atomic E-state index is 12.9. The van der Waals surface area contributed by atoms with Gasteiger partial charge in [0.2, 0.25) is 0 Å². The Morgan fingerprint density at radius 1 is 1.25 bits per heavy atom. The van der Waals surface area contributed by atoms with Gasteiger partial charge in [0.25, 0.3) is 5.56 Å². The molecular weight excluding hydrogens is 404 g/mol. The molecule has 1 aliphatic rings. The van der Waals surface area contributed by atoms with E-state index < -0.39 is 0 Å². The zero-order valence-electron chi connectivity index (χ0n) is 19.1. The van der Waals surface area contributed by atoms with E-state index in [-0.39, 0.29) is 18.2 Å². The summed E-state index contributed by atoms with van der Waals surface area (Å²) >= 11 is 0. The number of aliphatic hydroxyl groups excluding tert-OH is 1. The molecule has 1 aliphatic carbocycles. The largest absolute Gasteiger partial charge is 0.396 e. The first-order chi connectivity index (χ1) is 15.6. The van der Waals surface area contributed by atoms with E-state index in [1.165, 1.54) is 19.3 Å². The van der Waals surface area contributed by atoms with Crippen LogP contribution in [-0.2, 0) is 6.54 Å². The first kappa shape index (κ1) is 22.6. The van der Waals surface area contributed by atoms with Crippen LogP contribution in [0.5, 0.6) is 0 Å². The van der Waals surface area contributed by atoms with E-state index in [0.29, 0.717) is 25.6 Å². The minimum atomic E-state index is -0.0722. The van der Waals surface area contributed by atoms with Gasteiger partial charge in [-0.05, 0) is 66.6 Å². The van der Waals surface area contributed by atoms with Gasteiger partial charge in [-0.15, -0.1) is 5.10 Å². The van der Waals surface area contributed by atoms with Gasteiger partial charge in [-0.2, -0.15) is 0 Å². The van der Waals surface area contributed by atoms with Gasteiger partial charge in [-0.1, -0.05) is 37.8 Å². The van der Waals surface area contributed by atoms with Crippen molar-refractivity contribution in [2.24, 2.45) is 0 Å². The average Bonchev–Trinajstić information content (AvgIpc) is 3.28. The summed E-state index contributed by atoms with van der Waals surface area (Å²) in [6.07, 6.45) is 7.36. The molecule has 32 heavy (non-hydrogen) atoms. The number of fused-ring (bicyclic) bond motifs is 1. The lowest BCUT2D eigenvalue weighted by Crippen LogP contribution is -2.34. The minimum absolute atomic E-state index is 0.0221. The Hall–Kier alpha value is -2.58. The van der Waals surface area contributed by atoms with Gasteiger partial charge < -0.3 is 10.1 Å². The molecule has 172 valence electrons. The number of nitrogens with zero attached hydrogens (tertiary/aromatic N) is 5. The van der Waals surface area contributed by atoms with E-state index in [4.69, 9.17) is 0 Å². The molecule has 0 unspecified atom stereocenters. The maximum Gasteiger partial charge on any atom is 0.252 e. The van der Waals surface area contributed by atoms with Crippen molar-refractivity contribution in [3.63, 3.8) is 0 Å². The quantitative estimate of drug-likeness (QED) is 0.529. The summed E-state index contributed by atoms with van der Waals surface area (Å²) in [7, 11) is 0. The summed E-state index contributed by atoms with van der Waals surface area (Å²) in [5.74, 6) is 0.866. The van der Waals surface area contributed by atoms with Crippen molar-refractivity contribution >= 4 is 10.9 Å². The van der Waals surface area contributed by atoms with Gasteiger partial charge in [0.05, 0.1) is 12.1 Å². The fourth-order valence-corrected chi connectivity index (χ4v) is 4.94. The zero-order valence-corrected chi connectivity index (χ0v) is 19.1. The molecule has 4 rings (SSSR count). The lowest BCUT2D eigenvalue weighted by atomic mass is 9.95. The number of aliphatic hydroxyl groups is 1. The summed E-state index contributed by atoms with van der Waals surface area (Å²) in [6, 6.07) is 8.36. The number of benzene rings is 1. The molecule has 8 nitrogen and oxygen atoms in total. The standard InChI is InChI=1S/C24H34N6O2/c1-3-22(23-26-27-28-30(23)20-8-5-4-6-9-20)29(12-7-13-31)16-19-15-18-14-17(2)10-11-21(18)25-24(19)32/h10-11,14-15,20,22,31H,3-9,12-13,16H2,1-2H3,(H,25,32)/t22-/m1/s1. The van der Waals surface area contributed by atoms with E-state index in [0.717, 1.165) is 47.1 Å². The fraction of sp³-hybridized carbons (Fsp3) is 0.583. The van der Waals surface area contributed by atoms with Gasteiger partial charge in [0.1, 0.15) is 0 Å². The number of pyridine rings is 1. The van der Waals surface area contributed by atoms with Crippen molar-refractivity contribution in [1.82, 2.24) is 30.1 Å². The monoisotopic (exact) mass is 438 g/mol. The SMILES string of the molecule is CC[C@H](c1nnnn1C1CCCCC1)N(CCCO)Cc1cc2cc(C)ccc2[nH]c1=O. The molecule has 0 aliphatic heterocycles. The number of tetrazole rings is 1. The van der Waals surface area contributed by atoms with E-state index in [1.54, 1.807) is 0 Å². The van der Waals surface area contributed by atoms with Gasteiger partial charge in [-0.3, -0.25) is 9.69 Å². The molecular formula is C24H34N6O2. The Bertz CT molecular complexity index is 1090. The zero-order chi connectivity index (χ0) is 22.5. The van der Waals surface area contributed by atoms with Crippen LogP contribution in [0, 0.1) is 6.92 Å². The highest BCUT2D eigenvalue weighted by atomic mass is 16.3. The van der Waals surface area contributed by atoms with Crippen LogP contribution in [-0.4, -0.2) is 48.3 Å². The predicted molar refractivity (Wildman–Crippen MR) is 124 cm³/mol. The number of aromatic nitrogens is 5. The molecule has 2 N–H and O–H groups in total. The topological polar surface area (TPSA) is 99.9 Å². The molecule has 8 heteroatoms. The molecule has 0 amide bonds. The molecule has 1 atom stereocenters. The van der Waals surface area contributed by atoms with Gasteiger partial charge in [0, 0.05) is 30.8 Å². The number of hydrogen-bond acceptors (Lipinski definition) is 6. The normalized spacial score (nSPS) is 16.1. The van der Waals surface area contributed by atoms with Crippen LogP contribution >= 0.6 is 0 Å². The van der Waals surface area contributed by atoms with E-state index in [9.17, 15) is 9.90 Å². The highest BCUT2D eigenvalue weighted by Gasteiger charge is 2.28. The Morgan fingerprint density at radius 2 is 2.06 bits per heavy atom. The smallest absolute Gasteiger partial charge is 0.252 e. The number of H-pyrrole nitrogens is 1. The third kappa shape index (κ3) is 4.91. The maximum atomic E-state index is 12.9. The lowest BCUT2D eigenvalue weighted by molar-refractivity contribution is 0.147. The van der Waals surface area contributed by atoms with Crippen LogP contribution in [0.3, 0.4) is 0 Å². The first-order valence-corrected chi connectivity index (χ1v) is 11.9. The number of nitrogens with one attached hydrogen (secondary N) is 1. The summed E-state index contributed by atoms with van der Waals surface area (Å²) in [4.78, 5) is 18.1. The fourth-order valence-electron chi connectivity index (χ4n) is 4.94. The van der Waals surface area contributed by atoms with Crippen molar-refractivity contribution in [3.8, 4) is 0 Å². The molecule has 2 aromatic heterocycles. The Kier molecular flexibility index (Phi) is 7.32. The van der Waals surface area contributed by atoms with Crippen molar-refractivity contribution in [2.45, 2.75) is 77.4 Å². The molecule has 0 saturated heterocycles. The van der Waals surface area contributed by atoms with Crippen molar-refractivity contribution in [1.29, 1.82) is 0 Å². The highest BCUT2D eigenvalue weighted by Crippen LogP contribution is 2.32. The second-order valence-electron chi connectivity index (χ2n) is 8.96. The molecule has 1 fully saturated rings. The van der Waals surface area contributed by atoms with Gasteiger partial charge >= 0.3 is 0 Å². The van der Waals surface area contributed by atoms with Crippen LogP contribution in [0.25, 0.3) is 10.9 Å². The Balaban J connectivity index is 1.66. The Morgan fingerprint density at radius 3 is 2.81 bits per heavy atom. The second kappa shape index (κ2) is 10.4. The lowest BCUT2D eigenvalue weighted by Gasteiger charge is -2.32. The first-order valence-electron chi connectivity index (χ1n) is 11.9. The molecule has 1 saturated carbocycles. The molecule has 0 radical (unpaired) electrons. The predicted octanol–water partition coefficient (Wildman–Crippen LogP) is 3.66.